The third-order valence-corrected chi connectivity index (χ3v) is 3.18. The highest BCUT2D eigenvalue weighted by Crippen LogP contribution is 2.22. The largest absolute Gasteiger partial charge is 0.283 e. The van der Waals surface area contributed by atoms with E-state index in [1.165, 1.54) is 0 Å². The van der Waals surface area contributed by atoms with Crippen LogP contribution in [0.4, 0.5) is 0 Å². The minimum atomic E-state index is -0.601. The van der Waals surface area contributed by atoms with Crippen molar-refractivity contribution >= 4 is 5.71 Å². The number of rotatable bonds is 4. The van der Waals surface area contributed by atoms with Crippen LogP contribution in [0.2, 0.25) is 0 Å². The molecule has 0 aliphatic rings. The van der Waals surface area contributed by atoms with E-state index in [4.69, 9.17) is 4.99 Å². The monoisotopic (exact) mass is 262 g/mol. The zero-order valence-electron chi connectivity index (χ0n) is 11.9. The van der Waals surface area contributed by atoms with E-state index < -0.39 is 5.41 Å². The van der Waals surface area contributed by atoms with Crippen LogP contribution >= 0.6 is 0 Å². The third kappa shape index (κ3) is 3.33. The predicted molar refractivity (Wildman–Crippen MR) is 82.5 cm³/mol. The van der Waals surface area contributed by atoms with Gasteiger partial charge in [0.2, 0.25) is 0 Å². The summed E-state index contributed by atoms with van der Waals surface area (Å²) in [6, 6.07) is 22.4. The minimum absolute atomic E-state index is 0.593. The zero-order chi connectivity index (χ0) is 14.4. The molecular weight excluding hydrogens is 244 g/mol. The molecule has 0 amide bonds. The average Bonchev–Trinajstić information content (AvgIpc) is 2.49. The topological polar surface area (TPSA) is 36.1 Å². The van der Waals surface area contributed by atoms with Crippen LogP contribution in [0.1, 0.15) is 25.0 Å². The fraction of sp³-hybridized carbons (Fsp3) is 0.222. The predicted octanol–water partition coefficient (Wildman–Crippen LogP) is 4.23. The summed E-state index contributed by atoms with van der Waals surface area (Å²) in [6.45, 7) is 4.41. The highest BCUT2D eigenvalue weighted by molar-refractivity contribution is 6.05. The Kier molecular flexibility index (Phi) is 4.32. The molecule has 0 N–H and O–H groups in total. The highest BCUT2D eigenvalue weighted by atomic mass is 14.8. The summed E-state index contributed by atoms with van der Waals surface area (Å²) in [7, 11) is 0. The molecule has 0 heterocycles. The van der Waals surface area contributed by atoms with Gasteiger partial charge < -0.3 is 0 Å². The quantitative estimate of drug-likeness (QED) is 0.760. The molecule has 0 saturated heterocycles. The van der Waals surface area contributed by atoms with Gasteiger partial charge in [-0.05, 0) is 25.0 Å². The molecule has 0 spiro atoms. The Morgan fingerprint density at radius 3 is 2.10 bits per heavy atom. The molecule has 0 fully saturated rings. The summed E-state index contributed by atoms with van der Waals surface area (Å²) in [5.41, 5.74) is 2.39. The second-order valence-corrected chi connectivity index (χ2v) is 5.25. The Labute approximate surface area is 120 Å². The van der Waals surface area contributed by atoms with Gasteiger partial charge in [-0.3, -0.25) is 4.99 Å². The van der Waals surface area contributed by atoms with Gasteiger partial charge in [0.15, 0.2) is 0 Å². The van der Waals surface area contributed by atoms with Gasteiger partial charge in [0.05, 0.1) is 23.7 Å². The average molecular weight is 262 g/mol. The maximum Gasteiger partial charge on any atom is 0.0938 e. The number of aliphatic imine (C=N–C) groups is 1. The number of hydrogen-bond donors (Lipinski definition) is 0. The lowest BCUT2D eigenvalue weighted by atomic mass is 9.85. The van der Waals surface area contributed by atoms with Crippen LogP contribution < -0.4 is 0 Å². The Bertz CT molecular complexity index is 619. The maximum atomic E-state index is 9.39. The number of nitrogens with zero attached hydrogens (tertiary/aromatic N) is 2. The van der Waals surface area contributed by atoms with Gasteiger partial charge in [-0.25, -0.2) is 0 Å². The third-order valence-electron chi connectivity index (χ3n) is 3.18. The van der Waals surface area contributed by atoms with Gasteiger partial charge in [-0.2, -0.15) is 5.26 Å². The lowest BCUT2D eigenvalue weighted by Gasteiger charge is -2.19. The lowest BCUT2D eigenvalue weighted by molar-refractivity contribution is 0.689. The first-order valence-electron chi connectivity index (χ1n) is 6.69. The normalized spacial score (nSPS) is 11.9. The Morgan fingerprint density at radius 1 is 1.00 bits per heavy atom. The van der Waals surface area contributed by atoms with Crippen molar-refractivity contribution in [3.05, 3.63) is 71.8 Å². The van der Waals surface area contributed by atoms with Crippen molar-refractivity contribution in [2.24, 2.45) is 10.4 Å². The standard InChI is InChI=1S/C18H18N2/c1-18(2,14-19)17(16-11-7-4-8-12-16)20-13-15-9-5-3-6-10-15/h3-12H,13H2,1-2H3. The summed E-state index contributed by atoms with van der Waals surface area (Å²) in [6.07, 6.45) is 0. The fourth-order valence-corrected chi connectivity index (χ4v) is 2.05. The molecule has 2 nitrogen and oxygen atoms in total. The first kappa shape index (κ1) is 14.0. The van der Waals surface area contributed by atoms with Crippen molar-refractivity contribution in [3.8, 4) is 6.07 Å². The highest BCUT2D eigenvalue weighted by Gasteiger charge is 2.25. The van der Waals surface area contributed by atoms with Crippen LogP contribution in [-0.2, 0) is 6.54 Å². The molecule has 0 saturated carbocycles. The van der Waals surface area contributed by atoms with Gasteiger partial charge in [0.1, 0.15) is 0 Å². The number of benzene rings is 2. The van der Waals surface area contributed by atoms with Gasteiger partial charge in [-0.1, -0.05) is 60.7 Å². The number of hydrogen-bond acceptors (Lipinski definition) is 2. The maximum absolute atomic E-state index is 9.39. The first-order valence-corrected chi connectivity index (χ1v) is 6.69. The molecule has 0 atom stereocenters. The molecule has 0 aliphatic heterocycles. The SMILES string of the molecule is CC(C)(C#N)C(=NCc1ccccc1)c1ccccc1. The Morgan fingerprint density at radius 2 is 1.55 bits per heavy atom. The Hall–Kier alpha value is -2.40. The smallest absolute Gasteiger partial charge is 0.0938 e. The van der Waals surface area contributed by atoms with Crippen molar-refractivity contribution < 1.29 is 0 Å². The van der Waals surface area contributed by atoms with Crippen LogP contribution in [0, 0.1) is 16.7 Å². The van der Waals surface area contributed by atoms with E-state index in [1.54, 1.807) is 0 Å². The van der Waals surface area contributed by atoms with Crippen LogP contribution in [0.25, 0.3) is 0 Å². The van der Waals surface area contributed by atoms with E-state index in [9.17, 15) is 5.26 Å². The van der Waals surface area contributed by atoms with Gasteiger partial charge in [-0.15, -0.1) is 0 Å². The van der Waals surface area contributed by atoms with Gasteiger partial charge >= 0.3 is 0 Å². The first-order chi connectivity index (χ1) is 9.63. The van der Waals surface area contributed by atoms with Crippen molar-refractivity contribution in [2.75, 3.05) is 0 Å². The minimum Gasteiger partial charge on any atom is -0.283 e. The van der Waals surface area contributed by atoms with Crippen molar-refractivity contribution in [2.45, 2.75) is 20.4 Å². The molecule has 0 aliphatic carbocycles. The number of nitriles is 1. The summed E-state index contributed by atoms with van der Waals surface area (Å²) < 4.78 is 0. The molecular formula is C18H18N2. The lowest BCUT2D eigenvalue weighted by Crippen LogP contribution is -2.23. The summed E-state index contributed by atoms with van der Waals surface area (Å²) >= 11 is 0. The Balaban J connectivity index is 2.36. The molecule has 2 aromatic carbocycles. The fourth-order valence-electron chi connectivity index (χ4n) is 2.05. The molecule has 2 aromatic rings. The van der Waals surface area contributed by atoms with E-state index in [1.807, 2.05) is 74.5 Å². The summed E-state index contributed by atoms with van der Waals surface area (Å²) in [4.78, 5) is 4.70. The van der Waals surface area contributed by atoms with Crippen molar-refractivity contribution in [1.82, 2.24) is 0 Å². The van der Waals surface area contributed by atoms with Crippen LogP contribution in [0.15, 0.2) is 65.7 Å². The van der Waals surface area contributed by atoms with E-state index >= 15 is 0 Å². The second kappa shape index (κ2) is 6.16. The molecule has 2 heteroatoms. The molecule has 20 heavy (non-hydrogen) atoms. The molecule has 0 aromatic heterocycles. The summed E-state index contributed by atoms with van der Waals surface area (Å²) in [5.74, 6) is 0. The molecule has 100 valence electrons. The van der Waals surface area contributed by atoms with E-state index in [-0.39, 0.29) is 0 Å². The molecule has 0 unspecified atom stereocenters. The molecule has 0 bridgehead atoms. The van der Waals surface area contributed by atoms with Crippen molar-refractivity contribution in [1.29, 1.82) is 5.26 Å². The molecule has 2 rings (SSSR count). The van der Waals surface area contributed by atoms with Gasteiger partial charge in [0, 0.05) is 0 Å². The zero-order valence-corrected chi connectivity index (χ0v) is 11.9. The van der Waals surface area contributed by atoms with Crippen LogP contribution in [0.3, 0.4) is 0 Å². The van der Waals surface area contributed by atoms with Crippen LogP contribution in [0.5, 0.6) is 0 Å². The van der Waals surface area contributed by atoms with E-state index in [2.05, 4.69) is 6.07 Å². The summed E-state index contributed by atoms with van der Waals surface area (Å²) in [5, 5.41) is 9.39. The van der Waals surface area contributed by atoms with E-state index in [0.717, 1.165) is 16.8 Å². The van der Waals surface area contributed by atoms with E-state index in [0.29, 0.717) is 6.54 Å². The molecule has 0 radical (unpaired) electrons. The van der Waals surface area contributed by atoms with Gasteiger partial charge in [0.25, 0.3) is 0 Å². The van der Waals surface area contributed by atoms with Crippen molar-refractivity contribution in [3.63, 3.8) is 0 Å². The second-order valence-electron chi connectivity index (χ2n) is 5.25. The van der Waals surface area contributed by atoms with Crippen LogP contribution in [-0.4, -0.2) is 5.71 Å².